The van der Waals surface area contributed by atoms with Crippen molar-refractivity contribution in [2.45, 2.75) is 154 Å². The van der Waals surface area contributed by atoms with E-state index in [9.17, 15) is 0 Å². The fourth-order valence-corrected chi connectivity index (χ4v) is 13.5. The molecule has 2 aliphatic carbocycles. The van der Waals surface area contributed by atoms with Gasteiger partial charge in [-0.05, 0) is 92.5 Å². The molecule has 2 saturated carbocycles. The van der Waals surface area contributed by atoms with E-state index in [0.29, 0.717) is 23.9 Å². The third-order valence-corrected chi connectivity index (χ3v) is 20.4. The van der Waals surface area contributed by atoms with E-state index in [4.69, 9.17) is 19.2 Å². The molecule has 2 fully saturated rings. The minimum absolute atomic E-state index is 0.130. The van der Waals surface area contributed by atoms with Crippen LogP contribution in [0.3, 0.4) is 0 Å². The molecule has 8 heteroatoms. The van der Waals surface area contributed by atoms with Crippen molar-refractivity contribution in [1.82, 2.24) is 0 Å². The third kappa shape index (κ3) is 8.82. The summed E-state index contributed by atoms with van der Waals surface area (Å²) in [5.41, 5.74) is 0. The highest BCUT2D eigenvalue weighted by atomic mass is 31.0. The van der Waals surface area contributed by atoms with Gasteiger partial charge in [-0.15, -0.1) is 0 Å². The largest absolute Gasteiger partial charge is 0.417 e. The molecule has 0 amide bonds. The van der Waals surface area contributed by atoms with Gasteiger partial charge in [-0.3, -0.25) is 0 Å². The molecule has 0 spiro atoms. The van der Waals surface area contributed by atoms with Gasteiger partial charge in [-0.2, -0.15) is 0 Å². The molecule has 2 rings (SSSR count). The first-order chi connectivity index (χ1) is 17.9. The predicted molar refractivity (Wildman–Crippen MR) is 166 cm³/mol. The van der Waals surface area contributed by atoms with Crippen LogP contribution in [0.15, 0.2) is 0 Å². The Morgan fingerprint density at radius 2 is 1.39 bits per heavy atom. The molecule has 2 unspecified atom stereocenters. The summed E-state index contributed by atoms with van der Waals surface area (Å²) in [6.07, 6.45) is 11.5. The maximum absolute atomic E-state index is 7.91. The molecule has 0 aromatic rings. The van der Waals surface area contributed by atoms with E-state index < -0.39 is 16.6 Å². The van der Waals surface area contributed by atoms with Crippen LogP contribution in [0.1, 0.15) is 99.3 Å². The SMILES string of the molecule is [3H]PO[C@@H]1C[C@H](O[Si](CC)(CC)CC)[C@H](CCO[Si](CC)(CC)CC)[C@H]1CC[C@@H](OP)C1CCCCC1. The minimum atomic E-state index is -1.74. The average molecular weight is 581 g/mol. The van der Waals surface area contributed by atoms with E-state index in [0.717, 1.165) is 32.3 Å². The Labute approximate surface area is 232 Å². The molecule has 7 atom stereocenters. The Balaban J connectivity index is 2.22. The van der Waals surface area contributed by atoms with Crippen LogP contribution >= 0.6 is 18.9 Å². The molecule has 214 valence electrons. The van der Waals surface area contributed by atoms with Crippen LogP contribution in [-0.4, -0.2) is 42.8 Å². The highest BCUT2D eigenvalue weighted by molar-refractivity contribution is 7.10. The monoisotopic (exact) mass is 580 g/mol. The summed E-state index contributed by atoms with van der Waals surface area (Å²) >= 11 is 0. The molecular weight excluding hydrogens is 518 g/mol. The summed E-state index contributed by atoms with van der Waals surface area (Å²) in [7, 11) is -0.993. The van der Waals surface area contributed by atoms with Crippen LogP contribution in [0, 0.1) is 17.8 Å². The van der Waals surface area contributed by atoms with Gasteiger partial charge >= 0.3 is 0 Å². The third-order valence-electron chi connectivity index (χ3n) is 10.4. The molecule has 0 saturated heterocycles. The maximum atomic E-state index is 7.91. The quantitative estimate of drug-likeness (QED) is 0.113. The van der Waals surface area contributed by atoms with Gasteiger partial charge in [-0.1, -0.05) is 60.8 Å². The summed E-state index contributed by atoms with van der Waals surface area (Å²) in [5.74, 6) is 1.56. The Morgan fingerprint density at radius 1 is 0.806 bits per heavy atom. The smallest absolute Gasteiger partial charge is 0.192 e. The first-order valence-corrected chi connectivity index (χ1v) is 21.3. The molecule has 0 aromatic carbocycles. The zero-order valence-electron chi connectivity index (χ0n) is 25.5. The van der Waals surface area contributed by atoms with Crippen molar-refractivity contribution in [3.63, 3.8) is 0 Å². The average Bonchev–Trinajstić information content (AvgIpc) is 3.26. The fourth-order valence-electron chi connectivity index (χ4n) is 7.27. The van der Waals surface area contributed by atoms with E-state index in [1.807, 2.05) is 0 Å². The summed E-state index contributed by atoms with van der Waals surface area (Å²) < 4.78 is 34.1. The van der Waals surface area contributed by atoms with Gasteiger partial charge in [0.05, 0.1) is 19.6 Å². The van der Waals surface area contributed by atoms with E-state index in [-0.39, 0.29) is 21.6 Å². The summed E-state index contributed by atoms with van der Waals surface area (Å²) in [4.78, 5) is 0. The van der Waals surface area contributed by atoms with E-state index in [1.165, 1.54) is 68.4 Å². The van der Waals surface area contributed by atoms with Crippen LogP contribution in [0.2, 0.25) is 36.3 Å². The van der Waals surface area contributed by atoms with Crippen molar-refractivity contribution in [3.8, 4) is 0 Å². The summed E-state index contributed by atoms with van der Waals surface area (Å²) in [6, 6.07) is 7.14. The van der Waals surface area contributed by atoms with Crippen molar-refractivity contribution in [2.24, 2.45) is 17.8 Å². The van der Waals surface area contributed by atoms with Crippen molar-refractivity contribution in [3.05, 3.63) is 0 Å². The Hall–Kier alpha value is 1.13. The number of hydrogen-bond acceptors (Lipinski definition) is 4. The van der Waals surface area contributed by atoms with Gasteiger partial charge in [-0.25, -0.2) is 0 Å². The van der Waals surface area contributed by atoms with Crippen molar-refractivity contribution in [1.29, 1.82) is 1.28 Å². The second-order valence-electron chi connectivity index (χ2n) is 11.7. The zero-order valence-corrected chi connectivity index (χ0v) is 28.6. The van der Waals surface area contributed by atoms with Crippen LogP contribution in [0.4, 0.5) is 0 Å². The van der Waals surface area contributed by atoms with Gasteiger partial charge in [0.15, 0.2) is 16.6 Å². The van der Waals surface area contributed by atoms with Crippen molar-refractivity contribution < 1.29 is 17.9 Å². The molecule has 36 heavy (non-hydrogen) atoms. The lowest BCUT2D eigenvalue weighted by Crippen LogP contribution is -2.42. The summed E-state index contributed by atoms with van der Waals surface area (Å²) in [6.45, 7) is 14.8. The molecule has 0 aromatic heterocycles. The Morgan fingerprint density at radius 3 is 1.92 bits per heavy atom. The predicted octanol–water partition coefficient (Wildman–Crippen LogP) is 9.14. The normalized spacial score (nSPS) is 27.7. The number of hydrogen-bond donors (Lipinski definition) is 0. The van der Waals surface area contributed by atoms with Gasteiger partial charge < -0.3 is 17.9 Å². The zero-order chi connectivity index (χ0) is 27.3. The van der Waals surface area contributed by atoms with Crippen molar-refractivity contribution in [2.75, 3.05) is 6.61 Å². The highest BCUT2D eigenvalue weighted by Crippen LogP contribution is 2.45. The van der Waals surface area contributed by atoms with E-state index in [2.05, 4.69) is 51.0 Å². The van der Waals surface area contributed by atoms with Crippen LogP contribution in [0.5, 0.6) is 0 Å². The molecule has 0 aliphatic heterocycles. The topological polar surface area (TPSA) is 36.9 Å². The van der Waals surface area contributed by atoms with Gasteiger partial charge in [0.25, 0.3) is 0 Å². The lowest BCUT2D eigenvalue weighted by Gasteiger charge is -2.36. The van der Waals surface area contributed by atoms with Crippen LogP contribution < -0.4 is 0 Å². The Bertz CT molecular complexity index is 590. The van der Waals surface area contributed by atoms with Crippen molar-refractivity contribution >= 4 is 35.5 Å². The van der Waals surface area contributed by atoms with E-state index in [1.54, 1.807) is 0 Å². The van der Waals surface area contributed by atoms with Crippen LogP contribution in [-0.2, 0) is 17.9 Å². The molecule has 4 nitrogen and oxygen atoms in total. The molecule has 0 N–H and O–H groups in total. The first-order valence-electron chi connectivity index (χ1n) is 15.9. The molecule has 0 bridgehead atoms. The number of rotatable bonds is 19. The van der Waals surface area contributed by atoms with E-state index >= 15 is 0 Å². The van der Waals surface area contributed by atoms with Gasteiger partial charge in [0, 0.05) is 25.5 Å². The molecule has 2 aliphatic rings. The minimum Gasteiger partial charge on any atom is -0.417 e. The fraction of sp³-hybridized carbons (Fsp3) is 1.00. The second kappa shape index (κ2) is 17.1. The first kappa shape index (κ1) is 31.7. The maximum Gasteiger partial charge on any atom is 0.192 e. The van der Waals surface area contributed by atoms with Gasteiger partial charge in [0.2, 0.25) is 0 Å². The highest BCUT2D eigenvalue weighted by Gasteiger charge is 2.47. The lowest BCUT2D eigenvalue weighted by atomic mass is 9.80. The standard InChI is InChI=1S/C28H60O4P2Si2/c1-7-35(8-2,9-3)29-21-20-25-24(18-19-26(30-33)23-16-14-13-15-17-23)27(31-34)22-28(25)32-36(10-4,11-5)12-6/h23-28H,7-22,33-34H2,1-6H3/t24-,25-,26-,27-,28+/m1/s1/i34T/t24-,25-,26-,27-,28+,34?. The summed E-state index contributed by atoms with van der Waals surface area (Å²) in [5, 5.41) is 0. The molecular formula is C28H60O4P2Si2. The lowest BCUT2D eigenvalue weighted by molar-refractivity contribution is 0.0788. The van der Waals surface area contributed by atoms with Crippen LogP contribution in [0.25, 0.3) is 0 Å². The Kier molecular flexibility index (Phi) is 15.0. The van der Waals surface area contributed by atoms with Gasteiger partial charge in [0.1, 0.15) is 0 Å². The molecule has 0 radical (unpaired) electrons. The second-order valence-corrected chi connectivity index (χ2v) is 21.7. The molecule has 0 heterocycles.